The Morgan fingerprint density at radius 2 is 2.18 bits per heavy atom. The Bertz CT molecular complexity index is 1070. The van der Waals surface area contributed by atoms with Crippen LogP contribution in [0.4, 0.5) is 11.6 Å². The van der Waals surface area contributed by atoms with E-state index in [1.807, 2.05) is 12.1 Å². The van der Waals surface area contributed by atoms with Gasteiger partial charge in [-0.1, -0.05) is 28.1 Å². The van der Waals surface area contributed by atoms with Gasteiger partial charge in [0.2, 0.25) is 11.9 Å². The number of anilines is 1. The third kappa shape index (κ3) is 3.58. The maximum absolute atomic E-state index is 12.1. The number of benzene rings is 2. The van der Waals surface area contributed by atoms with E-state index in [9.17, 15) is 14.9 Å². The number of aromatic nitrogens is 3. The number of nitrogens with zero attached hydrogens (tertiary/aromatic N) is 4. The van der Waals surface area contributed by atoms with Gasteiger partial charge in [0.1, 0.15) is 18.7 Å². The highest BCUT2D eigenvalue weighted by atomic mass is 79.9. The van der Waals surface area contributed by atoms with Crippen molar-refractivity contribution in [2.75, 3.05) is 5.32 Å². The number of amides is 1. The lowest BCUT2D eigenvalue weighted by Crippen LogP contribution is -2.29. The summed E-state index contributed by atoms with van der Waals surface area (Å²) in [5.74, 6) is 0.789. The summed E-state index contributed by atoms with van der Waals surface area (Å²) in [4.78, 5) is 26.6. The number of ether oxygens (including phenoxy) is 1. The largest absolute Gasteiger partial charge is 0.489 e. The molecule has 1 atom stereocenters. The van der Waals surface area contributed by atoms with Crippen molar-refractivity contribution >= 4 is 33.5 Å². The fourth-order valence-electron chi connectivity index (χ4n) is 3.08. The molecule has 28 heavy (non-hydrogen) atoms. The summed E-state index contributed by atoms with van der Waals surface area (Å²) in [6.45, 7) is 0.152. The molecule has 3 aromatic rings. The zero-order valence-corrected chi connectivity index (χ0v) is 16.0. The molecule has 1 aliphatic heterocycles. The number of rotatable bonds is 5. The molecule has 0 unspecified atom stereocenters. The summed E-state index contributed by atoms with van der Waals surface area (Å²) in [7, 11) is 0. The average molecular weight is 444 g/mol. The van der Waals surface area contributed by atoms with E-state index in [1.165, 1.54) is 18.5 Å². The Hall–Kier alpha value is -3.27. The minimum Gasteiger partial charge on any atom is -0.489 e. The molecule has 0 saturated heterocycles. The second kappa shape index (κ2) is 7.39. The van der Waals surface area contributed by atoms with Crippen molar-refractivity contribution in [1.82, 2.24) is 14.8 Å². The van der Waals surface area contributed by atoms with Crippen LogP contribution in [0.1, 0.15) is 23.6 Å². The van der Waals surface area contributed by atoms with Gasteiger partial charge in [-0.3, -0.25) is 20.2 Å². The van der Waals surface area contributed by atoms with Crippen molar-refractivity contribution in [2.45, 2.75) is 19.1 Å². The van der Waals surface area contributed by atoms with Gasteiger partial charge in [0.25, 0.3) is 5.69 Å². The van der Waals surface area contributed by atoms with Crippen molar-refractivity contribution in [1.29, 1.82) is 0 Å². The molecule has 142 valence electrons. The number of halogens is 1. The summed E-state index contributed by atoms with van der Waals surface area (Å²) in [5.41, 5.74) is 1.45. The fourth-order valence-corrected chi connectivity index (χ4v) is 3.46. The van der Waals surface area contributed by atoms with E-state index < -0.39 is 4.92 Å². The molecule has 4 rings (SSSR count). The van der Waals surface area contributed by atoms with Crippen molar-refractivity contribution in [2.24, 2.45) is 0 Å². The Morgan fingerprint density at radius 3 is 3.00 bits per heavy atom. The Labute approximate surface area is 167 Å². The number of non-ortho nitro benzene ring substituents is 1. The van der Waals surface area contributed by atoms with Crippen LogP contribution in [0.3, 0.4) is 0 Å². The van der Waals surface area contributed by atoms with Crippen LogP contribution in [-0.4, -0.2) is 25.6 Å². The van der Waals surface area contributed by atoms with Gasteiger partial charge in [-0.25, -0.2) is 4.68 Å². The molecule has 1 N–H and O–H groups in total. The fraction of sp³-hybridized carbons (Fsp3) is 0.167. The van der Waals surface area contributed by atoms with Crippen LogP contribution in [0, 0.1) is 10.1 Å². The normalized spacial score (nSPS) is 15.6. The molecule has 0 aliphatic carbocycles. The first-order valence-corrected chi connectivity index (χ1v) is 9.15. The van der Waals surface area contributed by atoms with Gasteiger partial charge >= 0.3 is 0 Å². The van der Waals surface area contributed by atoms with E-state index in [-0.39, 0.29) is 30.7 Å². The van der Waals surface area contributed by atoms with E-state index in [1.54, 1.807) is 22.9 Å². The van der Waals surface area contributed by atoms with E-state index in [0.29, 0.717) is 17.3 Å². The van der Waals surface area contributed by atoms with Crippen LogP contribution >= 0.6 is 15.9 Å². The molecule has 1 amide bonds. The summed E-state index contributed by atoms with van der Waals surface area (Å²) in [6, 6.07) is 11.4. The highest BCUT2D eigenvalue weighted by molar-refractivity contribution is 9.10. The zero-order chi connectivity index (χ0) is 19.7. The topological polar surface area (TPSA) is 112 Å². The summed E-state index contributed by atoms with van der Waals surface area (Å²) in [6.07, 6.45) is 1.58. The first-order valence-electron chi connectivity index (χ1n) is 8.36. The molecule has 10 heteroatoms. The monoisotopic (exact) mass is 443 g/mol. The lowest BCUT2D eigenvalue weighted by atomic mass is 10.0. The van der Waals surface area contributed by atoms with Gasteiger partial charge in [-0.2, -0.15) is 10.1 Å². The van der Waals surface area contributed by atoms with Crippen LogP contribution in [0.5, 0.6) is 5.75 Å². The first kappa shape index (κ1) is 18.1. The summed E-state index contributed by atoms with van der Waals surface area (Å²) in [5, 5.41) is 17.9. The number of fused-ring (bicyclic) bond motifs is 1. The van der Waals surface area contributed by atoms with Crippen LogP contribution in [0.25, 0.3) is 0 Å². The SMILES string of the molecule is O=C1C[C@H](c2cc(Br)ccc2OCc2cccc([N+](=O)[O-])c2)n2ncnc2N1. The Morgan fingerprint density at radius 1 is 1.32 bits per heavy atom. The van der Waals surface area contributed by atoms with Crippen LogP contribution < -0.4 is 10.1 Å². The molecule has 2 heterocycles. The predicted molar refractivity (Wildman–Crippen MR) is 103 cm³/mol. The van der Waals surface area contributed by atoms with Crippen molar-refractivity contribution in [3.8, 4) is 5.75 Å². The van der Waals surface area contributed by atoms with Gasteiger partial charge in [0.15, 0.2) is 0 Å². The molecule has 0 spiro atoms. The number of carbonyl (C=O) groups excluding carboxylic acids is 1. The van der Waals surface area contributed by atoms with Crippen molar-refractivity contribution in [3.63, 3.8) is 0 Å². The van der Waals surface area contributed by atoms with Gasteiger partial charge in [-0.15, -0.1) is 0 Å². The smallest absolute Gasteiger partial charge is 0.269 e. The van der Waals surface area contributed by atoms with Gasteiger partial charge in [0.05, 0.1) is 17.4 Å². The quantitative estimate of drug-likeness (QED) is 0.477. The molecule has 1 aliphatic rings. The number of nitro groups is 1. The van der Waals surface area contributed by atoms with E-state index in [0.717, 1.165) is 10.0 Å². The molecule has 2 aromatic carbocycles. The minimum atomic E-state index is -0.443. The zero-order valence-electron chi connectivity index (χ0n) is 14.4. The van der Waals surface area contributed by atoms with Crippen molar-refractivity contribution < 1.29 is 14.5 Å². The standard InChI is InChI=1S/C18H14BrN5O4/c19-12-4-5-16(28-9-11-2-1-3-13(6-11)24(26)27)14(7-12)15-8-17(25)22-18-20-10-21-23(15)18/h1-7,10,15H,8-9H2,(H,20,21,22,25)/t15-/m1/s1. The highest BCUT2D eigenvalue weighted by Gasteiger charge is 2.30. The van der Waals surface area contributed by atoms with Crippen LogP contribution in [0.2, 0.25) is 0 Å². The maximum Gasteiger partial charge on any atom is 0.269 e. The molecule has 9 nitrogen and oxygen atoms in total. The molecule has 0 fully saturated rings. The second-order valence-electron chi connectivity index (χ2n) is 6.19. The molecular weight excluding hydrogens is 430 g/mol. The summed E-state index contributed by atoms with van der Waals surface area (Å²) >= 11 is 3.45. The molecule has 1 aromatic heterocycles. The number of nitro benzene ring substituents is 1. The number of hydrogen-bond acceptors (Lipinski definition) is 6. The Balaban J connectivity index is 1.64. The lowest BCUT2D eigenvalue weighted by Gasteiger charge is -2.25. The van der Waals surface area contributed by atoms with E-state index in [4.69, 9.17) is 4.74 Å². The lowest BCUT2D eigenvalue weighted by molar-refractivity contribution is -0.384. The minimum absolute atomic E-state index is 0.00772. The molecule has 0 bridgehead atoms. The molecule has 0 radical (unpaired) electrons. The van der Waals surface area contributed by atoms with Crippen LogP contribution in [0.15, 0.2) is 53.3 Å². The Kier molecular flexibility index (Phi) is 4.78. The van der Waals surface area contributed by atoms with Gasteiger partial charge in [-0.05, 0) is 23.8 Å². The summed E-state index contributed by atoms with van der Waals surface area (Å²) < 4.78 is 8.43. The van der Waals surface area contributed by atoms with Gasteiger partial charge < -0.3 is 4.74 Å². The molecule has 0 saturated carbocycles. The maximum atomic E-state index is 12.1. The van der Waals surface area contributed by atoms with E-state index in [2.05, 4.69) is 31.3 Å². The number of hydrogen-bond donors (Lipinski definition) is 1. The third-order valence-corrected chi connectivity index (χ3v) is 4.84. The average Bonchev–Trinajstić information content (AvgIpc) is 3.15. The van der Waals surface area contributed by atoms with Crippen molar-refractivity contribution in [3.05, 3.63) is 74.5 Å². The molecular formula is C18H14BrN5O4. The highest BCUT2D eigenvalue weighted by Crippen LogP contribution is 2.36. The first-order chi connectivity index (χ1) is 13.5. The second-order valence-corrected chi connectivity index (χ2v) is 7.11. The van der Waals surface area contributed by atoms with Crippen LogP contribution in [-0.2, 0) is 11.4 Å². The number of nitrogens with one attached hydrogen (secondary N) is 1. The van der Waals surface area contributed by atoms with E-state index >= 15 is 0 Å². The predicted octanol–water partition coefficient (Wildman–Crippen LogP) is 3.46. The van der Waals surface area contributed by atoms with Gasteiger partial charge in [0, 0.05) is 22.2 Å². The number of carbonyl (C=O) groups is 1. The third-order valence-electron chi connectivity index (χ3n) is 4.34.